The maximum Gasteiger partial charge on any atom is 0.314 e. The molecule has 7 nitrogen and oxygen atoms in total. The maximum atomic E-state index is 11.3. The summed E-state index contributed by atoms with van der Waals surface area (Å²) in [6, 6.07) is -0.462. The Bertz CT molecular complexity index is 428. The highest BCUT2D eigenvalue weighted by Gasteiger charge is 2.50. The topological polar surface area (TPSA) is 113 Å². The standard InChI is InChI=1S/C10H18N2O5S/c1-18(16,17)6-2-5-11-9(15)12-7-10(3-4-10)8(13)14/h2-7H2,1H3,(H,13,14)(H2,11,12,15). The molecule has 0 aromatic carbocycles. The molecule has 0 aromatic rings. The third-order valence-electron chi connectivity index (χ3n) is 2.87. The Morgan fingerprint density at radius 1 is 1.28 bits per heavy atom. The molecule has 0 saturated heterocycles. The van der Waals surface area contributed by atoms with E-state index >= 15 is 0 Å². The molecule has 0 unspecified atom stereocenters. The SMILES string of the molecule is CS(=O)(=O)CCCNC(=O)NCC1(C(=O)O)CC1. The minimum Gasteiger partial charge on any atom is -0.481 e. The molecule has 0 radical (unpaired) electrons. The van der Waals surface area contributed by atoms with Gasteiger partial charge in [0.2, 0.25) is 0 Å². The fourth-order valence-corrected chi connectivity index (χ4v) is 2.13. The van der Waals surface area contributed by atoms with Gasteiger partial charge in [0.1, 0.15) is 9.84 Å². The summed E-state index contributed by atoms with van der Waals surface area (Å²) >= 11 is 0. The van der Waals surface area contributed by atoms with Crippen LogP contribution in [0.1, 0.15) is 19.3 Å². The second-order valence-electron chi connectivity index (χ2n) is 4.68. The molecule has 0 aliphatic heterocycles. The number of aliphatic carboxylic acids is 1. The number of carboxylic acid groups (broad SMARTS) is 1. The van der Waals surface area contributed by atoms with Gasteiger partial charge in [0.25, 0.3) is 0 Å². The quantitative estimate of drug-likeness (QED) is 0.548. The van der Waals surface area contributed by atoms with Crippen LogP contribution in [0.4, 0.5) is 4.79 Å². The van der Waals surface area contributed by atoms with E-state index in [0.29, 0.717) is 19.3 Å². The molecule has 8 heteroatoms. The predicted molar refractivity (Wildman–Crippen MR) is 65.0 cm³/mol. The van der Waals surface area contributed by atoms with E-state index < -0.39 is 27.3 Å². The Kier molecular flexibility index (Phi) is 4.55. The second-order valence-corrected chi connectivity index (χ2v) is 6.94. The van der Waals surface area contributed by atoms with E-state index in [0.717, 1.165) is 6.26 Å². The summed E-state index contributed by atoms with van der Waals surface area (Å²) < 4.78 is 21.6. The molecular formula is C10H18N2O5S. The predicted octanol–water partition coefficient (Wildman–Crippen LogP) is -0.415. The van der Waals surface area contributed by atoms with E-state index in [2.05, 4.69) is 10.6 Å². The van der Waals surface area contributed by atoms with Crippen LogP contribution in [0, 0.1) is 5.41 Å². The first-order valence-corrected chi connectivity index (χ1v) is 7.74. The average Bonchev–Trinajstić information content (AvgIpc) is 3.01. The normalized spacial score (nSPS) is 16.9. The molecule has 0 heterocycles. The molecule has 0 spiro atoms. The van der Waals surface area contributed by atoms with Crippen molar-refractivity contribution in [1.82, 2.24) is 10.6 Å². The monoisotopic (exact) mass is 278 g/mol. The van der Waals surface area contributed by atoms with Gasteiger partial charge in [0.15, 0.2) is 0 Å². The highest BCUT2D eigenvalue weighted by molar-refractivity contribution is 7.90. The summed E-state index contributed by atoms with van der Waals surface area (Å²) in [5.74, 6) is -0.869. The van der Waals surface area contributed by atoms with E-state index in [9.17, 15) is 18.0 Å². The van der Waals surface area contributed by atoms with Gasteiger partial charge in [0.05, 0.1) is 11.2 Å². The number of urea groups is 1. The van der Waals surface area contributed by atoms with Crippen molar-refractivity contribution in [1.29, 1.82) is 0 Å². The van der Waals surface area contributed by atoms with Crippen LogP contribution in [0.5, 0.6) is 0 Å². The first kappa shape index (κ1) is 14.7. The fraction of sp³-hybridized carbons (Fsp3) is 0.800. The molecule has 0 bridgehead atoms. The lowest BCUT2D eigenvalue weighted by molar-refractivity contribution is -0.143. The number of amides is 2. The van der Waals surface area contributed by atoms with Crippen molar-refractivity contribution in [2.24, 2.45) is 5.41 Å². The van der Waals surface area contributed by atoms with E-state index in [-0.39, 0.29) is 18.8 Å². The minimum atomic E-state index is -3.01. The number of carbonyl (C=O) groups is 2. The molecule has 1 saturated carbocycles. The molecular weight excluding hydrogens is 260 g/mol. The van der Waals surface area contributed by atoms with Crippen LogP contribution in [-0.2, 0) is 14.6 Å². The Morgan fingerprint density at radius 2 is 1.89 bits per heavy atom. The molecule has 3 N–H and O–H groups in total. The van der Waals surface area contributed by atoms with Crippen molar-refractivity contribution in [3.8, 4) is 0 Å². The molecule has 0 aromatic heterocycles. The van der Waals surface area contributed by atoms with E-state index in [1.54, 1.807) is 0 Å². The lowest BCUT2D eigenvalue weighted by Crippen LogP contribution is -2.41. The van der Waals surface area contributed by atoms with Gasteiger partial charge >= 0.3 is 12.0 Å². The van der Waals surface area contributed by atoms with Gasteiger partial charge in [-0.1, -0.05) is 0 Å². The van der Waals surface area contributed by atoms with Crippen molar-refractivity contribution in [3.05, 3.63) is 0 Å². The number of carboxylic acids is 1. The summed E-state index contributed by atoms with van der Waals surface area (Å²) in [5, 5.41) is 13.9. The Morgan fingerprint density at radius 3 is 2.33 bits per heavy atom. The second kappa shape index (κ2) is 5.55. The van der Waals surface area contributed by atoms with Crippen molar-refractivity contribution in [2.75, 3.05) is 25.1 Å². The molecule has 0 atom stereocenters. The van der Waals surface area contributed by atoms with Gasteiger partial charge in [-0.15, -0.1) is 0 Å². The molecule has 1 rings (SSSR count). The van der Waals surface area contributed by atoms with Crippen molar-refractivity contribution in [3.63, 3.8) is 0 Å². The zero-order chi connectivity index (χ0) is 13.8. The first-order chi connectivity index (χ1) is 8.25. The maximum absolute atomic E-state index is 11.3. The number of sulfone groups is 1. The zero-order valence-electron chi connectivity index (χ0n) is 10.2. The van der Waals surface area contributed by atoms with E-state index in [4.69, 9.17) is 5.11 Å². The largest absolute Gasteiger partial charge is 0.481 e. The van der Waals surface area contributed by atoms with Crippen LogP contribution in [0.25, 0.3) is 0 Å². The van der Waals surface area contributed by atoms with Gasteiger partial charge in [-0.3, -0.25) is 4.79 Å². The van der Waals surface area contributed by atoms with Crippen molar-refractivity contribution < 1.29 is 23.1 Å². The number of nitrogens with one attached hydrogen (secondary N) is 2. The number of hydrogen-bond acceptors (Lipinski definition) is 4. The summed E-state index contributed by atoms with van der Waals surface area (Å²) in [6.45, 7) is 0.360. The zero-order valence-corrected chi connectivity index (χ0v) is 11.0. The van der Waals surface area contributed by atoms with Crippen LogP contribution in [-0.4, -0.2) is 50.6 Å². The van der Waals surface area contributed by atoms with Crippen molar-refractivity contribution >= 4 is 21.8 Å². The first-order valence-electron chi connectivity index (χ1n) is 5.68. The number of carbonyl (C=O) groups excluding carboxylic acids is 1. The van der Waals surface area contributed by atoms with E-state index in [1.807, 2.05) is 0 Å². The Hall–Kier alpha value is -1.31. The summed E-state index contributed by atoms with van der Waals surface area (Å²) in [6.07, 6.45) is 2.64. The summed E-state index contributed by atoms with van der Waals surface area (Å²) in [4.78, 5) is 22.1. The molecule has 2 amide bonds. The van der Waals surface area contributed by atoms with Crippen LogP contribution in [0.3, 0.4) is 0 Å². The van der Waals surface area contributed by atoms with Gasteiger partial charge < -0.3 is 15.7 Å². The Labute approximate surface area is 106 Å². The molecule has 104 valence electrons. The number of hydrogen-bond donors (Lipinski definition) is 3. The summed E-state index contributed by atoms with van der Waals surface area (Å²) in [5.41, 5.74) is -0.788. The number of rotatable bonds is 7. The van der Waals surface area contributed by atoms with Crippen LogP contribution in [0.15, 0.2) is 0 Å². The van der Waals surface area contributed by atoms with Crippen LogP contribution < -0.4 is 10.6 Å². The van der Waals surface area contributed by atoms with Crippen molar-refractivity contribution in [2.45, 2.75) is 19.3 Å². The minimum absolute atomic E-state index is 0.0202. The Balaban J connectivity index is 2.13. The average molecular weight is 278 g/mol. The molecule has 1 fully saturated rings. The van der Waals surface area contributed by atoms with Gasteiger partial charge in [-0.2, -0.15) is 0 Å². The van der Waals surface area contributed by atoms with Gasteiger partial charge in [-0.25, -0.2) is 13.2 Å². The summed E-state index contributed by atoms with van der Waals surface area (Å²) in [7, 11) is -3.01. The van der Waals surface area contributed by atoms with Crippen LogP contribution >= 0.6 is 0 Å². The van der Waals surface area contributed by atoms with Crippen LogP contribution in [0.2, 0.25) is 0 Å². The highest BCUT2D eigenvalue weighted by atomic mass is 32.2. The lowest BCUT2D eigenvalue weighted by Gasteiger charge is -2.11. The lowest BCUT2D eigenvalue weighted by atomic mass is 10.1. The highest BCUT2D eigenvalue weighted by Crippen LogP contribution is 2.45. The third kappa shape index (κ3) is 4.91. The molecule has 18 heavy (non-hydrogen) atoms. The fourth-order valence-electron chi connectivity index (χ4n) is 1.47. The van der Waals surface area contributed by atoms with E-state index in [1.165, 1.54) is 0 Å². The smallest absolute Gasteiger partial charge is 0.314 e. The van der Waals surface area contributed by atoms with Gasteiger partial charge in [0, 0.05) is 19.3 Å². The third-order valence-corrected chi connectivity index (χ3v) is 3.90. The van der Waals surface area contributed by atoms with Gasteiger partial charge in [-0.05, 0) is 19.3 Å². The molecule has 1 aliphatic carbocycles. The molecule has 1 aliphatic rings.